The van der Waals surface area contributed by atoms with Crippen molar-refractivity contribution in [3.63, 3.8) is 0 Å². The summed E-state index contributed by atoms with van der Waals surface area (Å²) in [5.74, 6) is 1.54. The predicted molar refractivity (Wildman–Crippen MR) is 78.8 cm³/mol. The van der Waals surface area contributed by atoms with Crippen LogP contribution in [-0.4, -0.2) is 40.4 Å². The number of piperidine rings is 1. The van der Waals surface area contributed by atoms with E-state index in [2.05, 4.69) is 14.9 Å². The molecule has 2 heterocycles. The molecule has 0 saturated carbocycles. The summed E-state index contributed by atoms with van der Waals surface area (Å²) in [5.41, 5.74) is 6.61. The van der Waals surface area contributed by atoms with E-state index in [1.807, 2.05) is 20.8 Å². The number of nitrogens with zero attached hydrogens (tertiary/aromatic N) is 3. The molecule has 6 heteroatoms. The Balaban J connectivity index is 2.10. The van der Waals surface area contributed by atoms with Crippen molar-refractivity contribution >= 4 is 11.5 Å². The van der Waals surface area contributed by atoms with Gasteiger partial charge in [0, 0.05) is 13.1 Å². The highest BCUT2D eigenvalue weighted by Crippen LogP contribution is 2.31. The summed E-state index contributed by atoms with van der Waals surface area (Å²) >= 11 is 0. The van der Waals surface area contributed by atoms with Gasteiger partial charge in [-0.1, -0.05) is 0 Å². The molecule has 1 aliphatic rings. The van der Waals surface area contributed by atoms with Crippen molar-refractivity contribution in [2.45, 2.75) is 45.8 Å². The summed E-state index contributed by atoms with van der Waals surface area (Å²) < 4.78 is 5.59. The summed E-state index contributed by atoms with van der Waals surface area (Å²) in [7, 11) is 0. The number of hydrogen-bond donors (Lipinski definition) is 2. The first-order chi connectivity index (χ1) is 9.49. The molecule has 1 aromatic rings. The van der Waals surface area contributed by atoms with Gasteiger partial charge in [0.1, 0.15) is 12.0 Å². The Kier molecular flexibility index (Phi) is 4.65. The van der Waals surface area contributed by atoms with Crippen LogP contribution < -0.4 is 15.4 Å². The van der Waals surface area contributed by atoms with E-state index >= 15 is 0 Å². The molecule has 2 rings (SSSR count). The summed E-state index contributed by atoms with van der Waals surface area (Å²) in [4.78, 5) is 10.5. The zero-order valence-electron chi connectivity index (χ0n) is 12.4. The van der Waals surface area contributed by atoms with Gasteiger partial charge in [-0.15, -0.1) is 0 Å². The summed E-state index contributed by atoms with van der Waals surface area (Å²) in [6.45, 7) is 7.43. The highest BCUT2D eigenvalue weighted by molar-refractivity contribution is 5.67. The van der Waals surface area contributed by atoms with Gasteiger partial charge in [0.05, 0.1) is 12.2 Å². The van der Waals surface area contributed by atoms with Crippen molar-refractivity contribution in [3.05, 3.63) is 6.33 Å². The number of aliphatic hydroxyl groups excluding tert-OH is 1. The third-order valence-corrected chi connectivity index (χ3v) is 3.70. The maximum atomic E-state index is 9.64. The molecule has 0 aliphatic carbocycles. The molecule has 20 heavy (non-hydrogen) atoms. The molecule has 1 atom stereocenters. The number of aromatic nitrogens is 2. The summed E-state index contributed by atoms with van der Waals surface area (Å²) in [6, 6.07) is 0. The standard InChI is InChI=1S/C14H24N4O2/c1-9(2)20-14-12(15)13(16-8-17-14)18-6-4-11(5-7-18)10(3)19/h8-11,19H,4-7,15H2,1-3H3. The minimum atomic E-state index is -0.250. The second-order valence-corrected chi connectivity index (χ2v) is 5.65. The topological polar surface area (TPSA) is 84.5 Å². The van der Waals surface area contributed by atoms with Crippen LogP contribution in [0.15, 0.2) is 6.33 Å². The molecule has 0 aromatic carbocycles. The normalized spacial score (nSPS) is 18.4. The Morgan fingerprint density at radius 1 is 1.30 bits per heavy atom. The van der Waals surface area contributed by atoms with E-state index in [0.717, 1.165) is 31.7 Å². The van der Waals surface area contributed by atoms with Crippen molar-refractivity contribution in [3.8, 4) is 5.88 Å². The van der Waals surface area contributed by atoms with E-state index in [0.29, 0.717) is 17.5 Å². The third kappa shape index (κ3) is 3.30. The second kappa shape index (κ2) is 6.26. The molecule has 1 aromatic heterocycles. The number of rotatable bonds is 4. The van der Waals surface area contributed by atoms with Gasteiger partial charge in [0.25, 0.3) is 0 Å². The van der Waals surface area contributed by atoms with Crippen LogP contribution in [0.5, 0.6) is 5.88 Å². The largest absolute Gasteiger partial charge is 0.473 e. The van der Waals surface area contributed by atoms with Crippen molar-refractivity contribution in [2.24, 2.45) is 5.92 Å². The Morgan fingerprint density at radius 3 is 2.50 bits per heavy atom. The highest BCUT2D eigenvalue weighted by Gasteiger charge is 2.25. The van der Waals surface area contributed by atoms with Gasteiger partial charge in [-0.05, 0) is 39.5 Å². The van der Waals surface area contributed by atoms with E-state index in [1.54, 1.807) is 0 Å². The average Bonchev–Trinajstić information content (AvgIpc) is 2.41. The molecular weight excluding hydrogens is 256 g/mol. The van der Waals surface area contributed by atoms with Gasteiger partial charge >= 0.3 is 0 Å². The molecular formula is C14H24N4O2. The zero-order chi connectivity index (χ0) is 14.7. The minimum absolute atomic E-state index is 0.0287. The van der Waals surface area contributed by atoms with Crippen molar-refractivity contribution in [1.29, 1.82) is 0 Å². The fourth-order valence-corrected chi connectivity index (χ4v) is 2.53. The zero-order valence-corrected chi connectivity index (χ0v) is 12.4. The first-order valence-corrected chi connectivity index (χ1v) is 7.19. The number of nitrogens with two attached hydrogens (primary N) is 1. The molecule has 6 nitrogen and oxygen atoms in total. The number of nitrogen functional groups attached to an aromatic ring is 1. The number of ether oxygens (including phenoxy) is 1. The SMILES string of the molecule is CC(C)Oc1ncnc(N2CCC(C(C)O)CC2)c1N. The number of hydrogen-bond acceptors (Lipinski definition) is 6. The molecule has 112 valence electrons. The van der Waals surface area contributed by atoms with Gasteiger partial charge in [-0.2, -0.15) is 4.98 Å². The van der Waals surface area contributed by atoms with E-state index in [1.165, 1.54) is 6.33 Å². The quantitative estimate of drug-likeness (QED) is 0.868. The van der Waals surface area contributed by atoms with Crippen LogP contribution in [0.3, 0.4) is 0 Å². The fourth-order valence-electron chi connectivity index (χ4n) is 2.53. The molecule has 1 aliphatic heterocycles. The van der Waals surface area contributed by atoms with Gasteiger partial charge in [0.15, 0.2) is 5.82 Å². The third-order valence-electron chi connectivity index (χ3n) is 3.70. The maximum Gasteiger partial charge on any atom is 0.242 e. The van der Waals surface area contributed by atoms with Crippen LogP contribution in [-0.2, 0) is 0 Å². The van der Waals surface area contributed by atoms with Crippen LogP contribution in [0.1, 0.15) is 33.6 Å². The molecule has 0 amide bonds. The lowest BCUT2D eigenvalue weighted by Crippen LogP contribution is -2.38. The van der Waals surface area contributed by atoms with E-state index in [9.17, 15) is 5.11 Å². The van der Waals surface area contributed by atoms with Gasteiger partial charge < -0.3 is 20.5 Å². The second-order valence-electron chi connectivity index (χ2n) is 5.65. The first kappa shape index (κ1) is 14.8. The molecule has 3 N–H and O–H groups in total. The molecule has 0 bridgehead atoms. The first-order valence-electron chi connectivity index (χ1n) is 7.19. The van der Waals surface area contributed by atoms with Gasteiger partial charge in [0.2, 0.25) is 5.88 Å². The van der Waals surface area contributed by atoms with Crippen molar-refractivity contribution in [1.82, 2.24) is 9.97 Å². The predicted octanol–water partition coefficient (Wildman–Crippen LogP) is 1.44. The molecule has 0 spiro atoms. The van der Waals surface area contributed by atoms with Crippen LogP contribution >= 0.6 is 0 Å². The van der Waals surface area contributed by atoms with Crippen LogP contribution in [0.2, 0.25) is 0 Å². The van der Waals surface area contributed by atoms with Crippen molar-refractivity contribution in [2.75, 3.05) is 23.7 Å². The van der Waals surface area contributed by atoms with Crippen LogP contribution in [0.4, 0.5) is 11.5 Å². The smallest absolute Gasteiger partial charge is 0.242 e. The fraction of sp³-hybridized carbons (Fsp3) is 0.714. The summed E-state index contributed by atoms with van der Waals surface area (Å²) in [5, 5.41) is 9.64. The molecule has 1 saturated heterocycles. The Morgan fingerprint density at radius 2 is 1.95 bits per heavy atom. The summed E-state index contributed by atoms with van der Waals surface area (Å²) in [6.07, 6.45) is 3.16. The lowest BCUT2D eigenvalue weighted by atomic mass is 9.92. The monoisotopic (exact) mass is 280 g/mol. The Bertz CT molecular complexity index is 443. The highest BCUT2D eigenvalue weighted by atomic mass is 16.5. The lowest BCUT2D eigenvalue weighted by Gasteiger charge is -2.34. The molecule has 0 radical (unpaired) electrons. The Hall–Kier alpha value is -1.56. The van der Waals surface area contributed by atoms with Crippen LogP contribution in [0, 0.1) is 5.92 Å². The van der Waals surface area contributed by atoms with E-state index in [-0.39, 0.29) is 12.2 Å². The van der Waals surface area contributed by atoms with E-state index in [4.69, 9.17) is 10.5 Å². The van der Waals surface area contributed by atoms with Gasteiger partial charge in [-0.3, -0.25) is 0 Å². The minimum Gasteiger partial charge on any atom is -0.473 e. The average molecular weight is 280 g/mol. The van der Waals surface area contributed by atoms with Gasteiger partial charge in [-0.25, -0.2) is 4.98 Å². The van der Waals surface area contributed by atoms with Crippen LogP contribution in [0.25, 0.3) is 0 Å². The number of anilines is 2. The Labute approximate surface area is 120 Å². The van der Waals surface area contributed by atoms with E-state index < -0.39 is 0 Å². The van der Waals surface area contributed by atoms with Crippen molar-refractivity contribution < 1.29 is 9.84 Å². The maximum absolute atomic E-state index is 9.64. The lowest BCUT2D eigenvalue weighted by molar-refractivity contribution is 0.110. The molecule has 1 fully saturated rings. The number of aliphatic hydroxyl groups is 1. The molecule has 1 unspecified atom stereocenters.